The Labute approximate surface area is 147 Å². The van der Waals surface area contributed by atoms with Gasteiger partial charge in [0.05, 0.1) is 24.7 Å². The van der Waals surface area contributed by atoms with Gasteiger partial charge in [-0.15, -0.1) is 0 Å². The van der Waals surface area contributed by atoms with Crippen LogP contribution in [0.3, 0.4) is 0 Å². The van der Waals surface area contributed by atoms with Crippen molar-refractivity contribution in [1.82, 2.24) is 4.90 Å². The standard InChI is InChI=1S/C17H15IN2O3/c1-23-17(22)16-12(6-13(21)7-14(16)18)9-20-8-11-4-2-3-5-15(11)19-10-20/h2-5,7,10H,6,8-9H2,1H3. The third-order valence-electron chi connectivity index (χ3n) is 3.78. The number of nitrogens with zero attached hydrogens (tertiary/aromatic N) is 2. The minimum Gasteiger partial charge on any atom is -0.465 e. The third kappa shape index (κ3) is 3.36. The van der Waals surface area contributed by atoms with Crippen LogP contribution >= 0.6 is 22.6 Å². The van der Waals surface area contributed by atoms with Crippen LogP contribution in [0.25, 0.3) is 0 Å². The number of hydrogen-bond acceptors (Lipinski definition) is 5. The monoisotopic (exact) mass is 422 g/mol. The highest BCUT2D eigenvalue weighted by Crippen LogP contribution is 2.31. The van der Waals surface area contributed by atoms with Gasteiger partial charge in [-0.25, -0.2) is 9.79 Å². The number of para-hydroxylation sites is 1. The highest BCUT2D eigenvalue weighted by molar-refractivity contribution is 14.1. The van der Waals surface area contributed by atoms with Crippen LogP contribution < -0.4 is 0 Å². The van der Waals surface area contributed by atoms with E-state index in [-0.39, 0.29) is 12.2 Å². The molecular formula is C17H15IN2O3. The molecule has 0 unspecified atom stereocenters. The first kappa shape index (κ1) is 15.9. The molecule has 1 aliphatic heterocycles. The summed E-state index contributed by atoms with van der Waals surface area (Å²) in [4.78, 5) is 30.3. The molecule has 23 heavy (non-hydrogen) atoms. The Balaban J connectivity index is 1.87. The van der Waals surface area contributed by atoms with E-state index in [0.717, 1.165) is 16.8 Å². The van der Waals surface area contributed by atoms with Crippen molar-refractivity contribution in [3.63, 3.8) is 0 Å². The summed E-state index contributed by atoms with van der Waals surface area (Å²) in [6.45, 7) is 1.18. The second-order valence-electron chi connectivity index (χ2n) is 5.38. The van der Waals surface area contributed by atoms with Gasteiger partial charge in [0.15, 0.2) is 5.78 Å². The van der Waals surface area contributed by atoms with E-state index in [1.807, 2.05) is 51.8 Å². The van der Waals surface area contributed by atoms with E-state index in [2.05, 4.69) is 4.99 Å². The summed E-state index contributed by atoms with van der Waals surface area (Å²) < 4.78 is 5.50. The molecular weight excluding hydrogens is 407 g/mol. The summed E-state index contributed by atoms with van der Waals surface area (Å²) in [6, 6.07) is 7.94. The minimum absolute atomic E-state index is 0.00593. The number of methoxy groups -OCH3 is 1. The number of hydrogen-bond donors (Lipinski definition) is 0. The Morgan fingerprint density at radius 2 is 2.17 bits per heavy atom. The van der Waals surface area contributed by atoms with Crippen molar-refractivity contribution in [2.24, 2.45) is 4.99 Å². The van der Waals surface area contributed by atoms with Gasteiger partial charge in [0.25, 0.3) is 0 Å². The van der Waals surface area contributed by atoms with Crippen LogP contribution in [0.2, 0.25) is 0 Å². The van der Waals surface area contributed by atoms with Gasteiger partial charge in [-0.3, -0.25) is 4.79 Å². The lowest BCUT2D eigenvalue weighted by Gasteiger charge is -2.27. The molecule has 0 spiro atoms. The van der Waals surface area contributed by atoms with Crippen molar-refractivity contribution >= 4 is 46.4 Å². The zero-order chi connectivity index (χ0) is 16.4. The highest BCUT2D eigenvalue weighted by atomic mass is 127. The van der Waals surface area contributed by atoms with Crippen molar-refractivity contribution in [3.05, 3.63) is 50.6 Å². The zero-order valence-corrected chi connectivity index (χ0v) is 14.7. The van der Waals surface area contributed by atoms with E-state index >= 15 is 0 Å². The zero-order valence-electron chi connectivity index (χ0n) is 12.6. The van der Waals surface area contributed by atoms with E-state index in [1.54, 1.807) is 6.34 Å². The van der Waals surface area contributed by atoms with Gasteiger partial charge in [0.2, 0.25) is 0 Å². The van der Waals surface area contributed by atoms with Crippen LogP contribution in [0, 0.1) is 0 Å². The van der Waals surface area contributed by atoms with E-state index < -0.39 is 5.97 Å². The molecule has 0 fully saturated rings. The number of carbonyl (C=O) groups excluding carboxylic acids is 2. The molecule has 3 rings (SSSR count). The molecule has 6 heteroatoms. The molecule has 0 saturated heterocycles. The summed E-state index contributed by atoms with van der Waals surface area (Å²) in [5.74, 6) is -0.395. The number of aliphatic imine (C=N–C) groups is 1. The van der Waals surface area contributed by atoms with Crippen LogP contribution in [0.5, 0.6) is 0 Å². The van der Waals surface area contributed by atoms with Crippen molar-refractivity contribution in [2.45, 2.75) is 13.0 Å². The predicted molar refractivity (Wildman–Crippen MR) is 95.8 cm³/mol. The van der Waals surface area contributed by atoms with Crippen molar-refractivity contribution < 1.29 is 14.3 Å². The van der Waals surface area contributed by atoms with Gasteiger partial charge in [-0.05, 0) is 45.9 Å². The topological polar surface area (TPSA) is 59.0 Å². The molecule has 2 aliphatic rings. The summed E-state index contributed by atoms with van der Waals surface area (Å²) in [5.41, 5.74) is 3.36. The first-order valence-electron chi connectivity index (χ1n) is 7.15. The SMILES string of the molecule is COC(=O)C1=C(CN2C=Nc3ccccc3C2)CC(=O)C=C1I. The molecule has 0 bridgehead atoms. The molecule has 0 atom stereocenters. The molecule has 118 valence electrons. The highest BCUT2D eigenvalue weighted by Gasteiger charge is 2.26. The molecule has 1 aromatic rings. The summed E-state index contributed by atoms with van der Waals surface area (Å²) >= 11 is 2.01. The number of fused-ring (bicyclic) bond motifs is 1. The van der Waals surface area contributed by atoms with Gasteiger partial charge in [-0.2, -0.15) is 0 Å². The molecule has 0 saturated carbocycles. The number of halogens is 1. The van der Waals surface area contributed by atoms with Gasteiger partial charge < -0.3 is 9.64 Å². The largest absolute Gasteiger partial charge is 0.465 e. The molecule has 1 heterocycles. The van der Waals surface area contributed by atoms with E-state index in [0.29, 0.717) is 22.2 Å². The van der Waals surface area contributed by atoms with Crippen molar-refractivity contribution in [2.75, 3.05) is 13.7 Å². The van der Waals surface area contributed by atoms with Crippen LogP contribution in [-0.4, -0.2) is 36.6 Å². The van der Waals surface area contributed by atoms with Crippen molar-refractivity contribution in [3.8, 4) is 0 Å². The summed E-state index contributed by atoms with van der Waals surface area (Å²) in [5, 5.41) is 0. The first-order chi connectivity index (χ1) is 11.1. The average Bonchev–Trinajstić information content (AvgIpc) is 2.53. The van der Waals surface area contributed by atoms with E-state index in [1.165, 1.54) is 13.2 Å². The summed E-state index contributed by atoms with van der Waals surface area (Å²) in [7, 11) is 1.35. The lowest BCUT2D eigenvalue weighted by atomic mass is 9.96. The second kappa shape index (κ2) is 6.66. The maximum Gasteiger partial charge on any atom is 0.338 e. The van der Waals surface area contributed by atoms with E-state index in [4.69, 9.17) is 4.74 Å². The molecule has 0 N–H and O–H groups in total. The van der Waals surface area contributed by atoms with Crippen LogP contribution in [0.15, 0.2) is 50.1 Å². The number of benzene rings is 1. The number of ketones is 1. The Hall–Kier alpha value is -1.96. The molecule has 5 nitrogen and oxygen atoms in total. The molecule has 0 amide bonds. The van der Waals surface area contributed by atoms with Gasteiger partial charge in [0.1, 0.15) is 0 Å². The Bertz CT molecular complexity index is 765. The van der Waals surface area contributed by atoms with Crippen molar-refractivity contribution in [1.29, 1.82) is 0 Å². The number of ether oxygens (including phenoxy) is 1. The van der Waals surface area contributed by atoms with Crippen LogP contribution in [0.1, 0.15) is 12.0 Å². The minimum atomic E-state index is -0.400. The quantitative estimate of drug-likeness (QED) is 0.556. The maximum atomic E-state index is 12.0. The fourth-order valence-corrected chi connectivity index (χ4v) is 3.68. The van der Waals surface area contributed by atoms with E-state index in [9.17, 15) is 9.59 Å². The maximum absolute atomic E-state index is 12.0. The number of esters is 1. The van der Waals surface area contributed by atoms with Crippen LogP contribution in [0.4, 0.5) is 5.69 Å². The molecule has 0 aromatic heterocycles. The first-order valence-corrected chi connectivity index (χ1v) is 8.23. The lowest BCUT2D eigenvalue weighted by Crippen LogP contribution is -2.29. The molecule has 0 radical (unpaired) electrons. The number of rotatable bonds is 3. The smallest absolute Gasteiger partial charge is 0.338 e. The molecule has 1 aromatic carbocycles. The fourth-order valence-electron chi connectivity index (χ4n) is 2.73. The number of allylic oxidation sites excluding steroid dienone is 1. The van der Waals surface area contributed by atoms with Gasteiger partial charge in [0, 0.05) is 23.1 Å². The normalized spacial score (nSPS) is 17.0. The lowest BCUT2D eigenvalue weighted by molar-refractivity contribution is -0.135. The Kier molecular flexibility index (Phi) is 4.61. The predicted octanol–water partition coefficient (Wildman–Crippen LogP) is 2.92. The average molecular weight is 422 g/mol. The molecule has 1 aliphatic carbocycles. The van der Waals surface area contributed by atoms with Gasteiger partial charge in [-0.1, -0.05) is 18.2 Å². The summed E-state index contributed by atoms with van der Waals surface area (Å²) in [6.07, 6.45) is 3.50. The Morgan fingerprint density at radius 3 is 2.96 bits per heavy atom. The number of carbonyl (C=O) groups is 2. The third-order valence-corrected chi connectivity index (χ3v) is 4.63. The van der Waals surface area contributed by atoms with Crippen LogP contribution in [-0.2, 0) is 20.9 Å². The Morgan fingerprint density at radius 1 is 1.39 bits per heavy atom. The fraction of sp³-hybridized carbons (Fsp3) is 0.235. The van der Waals surface area contributed by atoms with Gasteiger partial charge >= 0.3 is 5.97 Å². The second-order valence-corrected chi connectivity index (χ2v) is 6.55.